The van der Waals surface area contributed by atoms with E-state index < -0.39 is 0 Å². The highest BCUT2D eigenvalue weighted by molar-refractivity contribution is 5.92. The van der Waals surface area contributed by atoms with Crippen LogP contribution in [0.1, 0.15) is 99.3 Å². The summed E-state index contributed by atoms with van der Waals surface area (Å²) in [6.07, 6.45) is 5.05. The average molecular weight is 486 g/mol. The van der Waals surface area contributed by atoms with Gasteiger partial charge in [-0.05, 0) is 104 Å². The minimum Gasteiger partial charge on any atom is -0.311 e. The lowest BCUT2D eigenvalue weighted by Gasteiger charge is -2.55. The van der Waals surface area contributed by atoms with E-state index in [1.54, 1.807) is 33.0 Å². The van der Waals surface area contributed by atoms with Crippen molar-refractivity contribution in [3.63, 3.8) is 0 Å². The van der Waals surface area contributed by atoms with Crippen LogP contribution in [0.3, 0.4) is 0 Å². The standard InChI is InChI=1S/C36H39N/c1-35(2)29-17-23(18-30(35)26-14-6-10-21-9-5-13-25(29)33(21)26)37-24-19-31-27-15-7-11-22-12-8-16-28(34(22)27)32(20-24)36(31,3)4/h5-16,23-24,29-32,37H,17-20H2,1-4H3/t23?,24?,29-,30+,31-,32+. The molecule has 2 saturated carbocycles. The summed E-state index contributed by atoms with van der Waals surface area (Å²) < 4.78 is 0. The monoisotopic (exact) mass is 485 g/mol. The van der Waals surface area contributed by atoms with Gasteiger partial charge in [0.15, 0.2) is 0 Å². The molecule has 4 aliphatic carbocycles. The number of rotatable bonds is 2. The lowest BCUT2D eigenvalue weighted by atomic mass is 9.52. The van der Waals surface area contributed by atoms with Gasteiger partial charge in [0.1, 0.15) is 0 Å². The molecule has 1 nitrogen and oxygen atoms in total. The number of nitrogens with one attached hydrogen (secondary N) is 1. The molecule has 8 rings (SSSR count). The second-order valence-electron chi connectivity index (χ2n) is 13.9. The summed E-state index contributed by atoms with van der Waals surface area (Å²) in [5.41, 5.74) is 7.01. The Balaban J connectivity index is 1.13. The van der Waals surface area contributed by atoms with E-state index in [1.807, 2.05) is 0 Å². The molecule has 4 aliphatic rings. The zero-order valence-electron chi connectivity index (χ0n) is 22.7. The van der Waals surface area contributed by atoms with Gasteiger partial charge >= 0.3 is 0 Å². The summed E-state index contributed by atoms with van der Waals surface area (Å²) in [5.74, 6) is 2.49. The molecule has 37 heavy (non-hydrogen) atoms. The Hall–Kier alpha value is -2.64. The normalized spacial score (nSPS) is 32.4. The van der Waals surface area contributed by atoms with Gasteiger partial charge in [-0.25, -0.2) is 0 Å². The first kappa shape index (κ1) is 22.4. The van der Waals surface area contributed by atoms with Crippen LogP contribution in [0.5, 0.6) is 0 Å². The molecule has 1 N–H and O–H groups in total. The maximum Gasteiger partial charge on any atom is 0.00817 e. The van der Waals surface area contributed by atoms with E-state index in [2.05, 4.69) is 106 Å². The van der Waals surface area contributed by atoms with Crippen LogP contribution in [-0.4, -0.2) is 12.1 Å². The Morgan fingerprint density at radius 1 is 0.486 bits per heavy atom. The Morgan fingerprint density at radius 2 is 0.784 bits per heavy atom. The SMILES string of the molecule is CC1(C)[C@@H]2CC(NC3C[C@@H]4c5cccc6cccc(c56)[C@H](C3)C4(C)C)C[C@H]1c1cccc3cccc2c13. The molecule has 4 aromatic carbocycles. The van der Waals surface area contributed by atoms with Gasteiger partial charge in [-0.3, -0.25) is 0 Å². The van der Waals surface area contributed by atoms with Crippen LogP contribution in [0.15, 0.2) is 72.8 Å². The minimum atomic E-state index is 0.306. The van der Waals surface area contributed by atoms with Gasteiger partial charge in [0.2, 0.25) is 0 Å². The first-order chi connectivity index (χ1) is 17.8. The maximum absolute atomic E-state index is 4.32. The van der Waals surface area contributed by atoms with Gasteiger partial charge in [0.25, 0.3) is 0 Å². The maximum atomic E-state index is 4.32. The first-order valence-electron chi connectivity index (χ1n) is 14.6. The van der Waals surface area contributed by atoms with Crippen molar-refractivity contribution in [1.82, 2.24) is 5.32 Å². The molecule has 2 unspecified atom stereocenters. The molecular weight excluding hydrogens is 446 g/mol. The van der Waals surface area contributed by atoms with E-state index in [4.69, 9.17) is 0 Å². The second kappa shape index (κ2) is 7.48. The number of hydrogen-bond acceptors (Lipinski definition) is 1. The Kier molecular flexibility index (Phi) is 4.52. The summed E-state index contributed by atoms with van der Waals surface area (Å²) in [6, 6.07) is 29.3. The van der Waals surface area contributed by atoms with Gasteiger partial charge in [0, 0.05) is 12.1 Å². The lowest BCUT2D eigenvalue weighted by Crippen LogP contribution is -2.52. The van der Waals surface area contributed by atoms with Gasteiger partial charge in [0.05, 0.1) is 0 Å². The van der Waals surface area contributed by atoms with Crippen LogP contribution >= 0.6 is 0 Å². The third kappa shape index (κ3) is 2.96. The smallest absolute Gasteiger partial charge is 0.00817 e. The van der Waals surface area contributed by atoms with Crippen molar-refractivity contribution >= 4 is 21.5 Å². The molecule has 2 fully saturated rings. The minimum absolute atomic E-state index is 0.306. The van der Waals surface area contributed by atoms with Crippen LogP contribution in [0.2, 0.25) is 0 Å². The summed E-state index contributed by atoms with van der Waals surface area (Å²) in [4.78, 5) is 0. The molecule has 0 aromatic heterocycles. The van der Waals surface area contributed by atoms with Crippen molar-refractivity contribution in [3.05, 3.63) is 95.1 Å². The summed E-state index contributed by atoms with van der Waals surface area (Å²) in [5, 5.41) is 10.3. The molecule has 0 aliphatic heterocycles. The molecule has 0 spiro atoms. The number of fused-ring (bicyclic) bond motifs is 8. The molecule has 4 aromatic rings. The van der Waals surface area contributed by atoms with Crippen molar-refractivity contribution in [3.8, 4) is 0 Å². The van der Waals surface area contributed by atoms with E-state index in [9.17, 15) is 0 Å². The Morgan fingerprint density at radius 3 is 1.08 bits per heavy atom. The highest BCUT2D eigenvalue weighted by Crippen LogP contribution is 2.62. The van der Waals surface area contributed by atoms with Gasteiger partial charge in [-0.1, -0.05) is 100 Å². The lowest BCUT2D eigenvalue weighted by molar-refractivity contribution is 0.0929. The van der Waals surface area contributed by atoms with Crippen molar-refractivity contribution in [2.24, 2.45) is 10.8 Å². The van der Waals surface area contributed by atoms with Crippen molar-refractivity contribution in [2.45, 2.75) is 89.1 Å². The summed E-state index contributed by atoms with van der Waals surface area (Å²) >= 11 is 0. The fourth-order valence-electron chi connectivity index (χ4n) is 9.71. The van der Waals surface area contributed by atoms with Crippen LogP contribution in [0.4, 0.5) is 0 Å². The fourth-order valence-corrected chi connectivity index (χ4v) is 9.71. The van der Waals surface area contributed by atoms with E-state index >= 15 is 0 Å². The molecule has 0 saturated heterocycles. The van der Waals surface area contributed by atoms with Gasteiger partial charge in [-0.15, -0.1) is 0 Å². The van der Waals surface area contributed by atoms with E-state index in [1.165, 1.54) is 36.5 Å². The molecule has 188 valence electrons. The molecule has 0 heterocycles. The van der Waals surface area contributed by atoms with Crippen LogP contribution in [0.25, 0.3) is 21.5 Å². The Labute approximate surface area is 221 Å². The number of hydrogen-bond donors (Lipinski definition) is 1. The Bertz CT molecular complexity index is 1340. The van der Waals surface area contributed by atoms with Crippen LogP contribution < -0.4 is 5.32 Å². The van der Waals surface area contributed by atoms with E-state index in [0.29, 0.717) is 46.6 Å². The molecule has 1 heteroatoms. The average Bonchev–Trinajstić information content (AvgIpc) is 2.87. The molecule has 6 atom stereocenters. The zero-order valence-corrected chi connectivity index (χ0v) is 22.7. The van der Waals surface area contributed by atoms with Crippen molar-refractivity contribution in [1.29, 1.82) is 0 Å². The van der Waals surface area contributed by atoms with Crippen molar-refractivity contribution < 1.29 is 0 Å². The van der Waals surface area contributed by atoms with E-state index in [0.717, 1.165) is 0 Å². The highest BCUT2D eigenvalue weighted by atomic mass is 15.0. The van der Waals surface area contributed by atoms with Crippen molar-refractivity contribution in [2.75, 3.05) is 0 Å². The van der Waals surface area contributed by atoms with Gasteiger partial charge in [-0.2, -0.15) is 0 Å². The third-order valence-corrected chi connectivity index (χ3v) is 11.6. The number of benzene rings is 4. The summed E-state index contributed by atoms with van der Waals surface area (Å²) in [6.45, 7) is 10.2. The molecule has 0 radical (unpaired) electrons. The third-order valence-electron chi connectivity index (χ3n) is 11.6. The van der Waals surface area contributed by atoms with E-state index in [-0.39, 0.29) is 0 Å². The predicted molar refractivity (Wildman–Crippen MR) is 156 cm³/mol. The zero-order chi connectivity index (χ0) is 25.1. The molecule has 0 amide bonds. The first-order valence-corrected chi connectivity index (χ1v) is 14.6. The second-order valence-corrected chi connectivity index (χ2v) is 13.9. The topological polar surface area (TPSA) is 12.0 Å². The molecular formula is C36H39N. The summed E-state index contributed by atoms with van der Waals surface area (Å²) in [7, 11) is 0. The van der Waals surface area contributed by atoms with Crippen LogP contribution in [0, 0.1) is 10.8 Å². The fraction of sp³-hybridized carbons (Fsp3) is 0.444. The highest BCUT2D eigenvalue weighted by Gasteiger charge is 2.52. The molecule has 4 bridgehead atoms. The largest absolute Gasteiger partial charge is 0.311 e. The van der Waals surface area contributed by atoms with Gasteiger partial charge < -0.3 is 5.32 Å². The predicted octanol–water partition coefficient (Wildman–Crippen LogP) is 9.02. The van der Waals surface area contributed by atoms with Crippen LogP contribution in [-0.2, 0) is 0 Å². The quantitative estimate of drug-likeness (QED) is 0.299.